The van der Waals surface area contributed by atoms with E-state index in [-0.39, 0.29) is 12.1 Å². The third-order valence-corrected chi connectivity index (χ3v) is 4.96. The first-order valence-corrected chi connectivity index (χ1v) is 8.97. The third kappa shape index (κ3) is 3.39. The highest BCUT2D eigenvalue weighted by Crippen LogP contribution is 2.35. The van der Waals surface area contributed by atoms with Crippen molar-refractivity contribution in [1.82, 2.24) is 34.1 Å². The lowest BCUT2D eigenvalue weighted by molar-refractivity contribution is -0.0381. The maximum Gasteiger partial charge on any atom is 0.350 e. The van der Waals surface area contributed by atoms with Gasteiger partial charge in [0.15, 0.2) is 0 Å². The Morgan fingerprint density at radius 1 is 1.10 bits per heavy atom. The Morgan fingerprint density at radius 3 is 2.53 bits per heavy atom. The van der Waals surface area contributed by atoms with Crippen molar-refractivity contribution in [3.05, 3.63) is 89.4 Å². The Morgan fingerprint density at radius 2 is 1.87 bits per heavy atom. The normalized spacial score (nSPS) is 14.4. The summed E-state index contributed by atoms with van der Waals surface area (Å²) in [5, 5.41) is 19.6. The minimum Gasteiger partial charge on any atom is -0.381 e. The largest absolute Gasteiger partial charge is 0.381 e. The van der Waals surface area contributed by atoms with Gasteiger partial charge in [-0.3, -0.25) is 4.98 Å². The minimum atomic E-state index is -1.99. The minimum absolute atomic E-state index is 0.197. The summed E-state index contributed by atoms with van der Waals surface area (Å²) < 4.78 is 31.7. The van der Waals surface area contributed by atoms with Gasteiger partial charge in [0.1, 0.15) is 36.2 Å². The van der Waals surface area contributed by atoms with Crippen molar-refractivity contribution < 1.29 is 13.9 Å². The summed E-state index contributed by atoms with van der Waals surface area (Å²) in [4.78, 5) is 20.7. The third-order valence-electron chi connectivity index (χ3n) is 4.96. The highest BCUT2D eigenvalue weighted by Gasteiger charge is 2.41. The van der Waals surface area contributed by atoms with Crippen molar-refractivity contribution in [2.45, 2.75) is 25.1 Å². The molecule has 4 aromatic rings. The molecule has 4 rings (SSSR count). The SMILES string of the molecule is C[C@@H](n1ncn(-c2ccncc2)c1=O)[C@](O)(Cn1cncn1)c1ccc(F)cc1F. The van der Waals surface area contributed by atoms with Crippen LogP contribution in [-0.4, -0.2) is 39.2 Å². The highest BCUT2D eigenvalue weighted by molar-refractivity contribution is 5.29. The Labute approximate surface area is 168 Å². The Kier molecular flexibility index (Phi) is 4.96. The lowest BCUT2D eigenvalue weighted by atomic mass is 9.86. The molecule has 0 aliphatic carbocycles. The van der Waals surface area contributed by atoms with Gasteiger partial charge in [0, 0.05) is 24.0 Å². The smallest absolute Gasteiger partial charge is 0.350 e. The van der Waals surface area contributed by atoms with E-state index in [1.165, 1.54) is 47.5 Å². The van der Waals surface area contributed by atoms with E-state index in [1.54, 1.807) is 12.1 Å². The number of rotatable bonds is 6. The maximum absolute atomic E-state index is 14.7. The summed E-state index contributed by atoms with van der Waals surface area (Å²) in [7, 11) is 0. The van der Waals surface area contributed by atoms with Gasteiger partial charge in [0.2, 0.25) is 0 Å². The molecule has 0 aliphatic heterocycles. The van der Waals surface area contributed by atoms with E-state index in [2.05, 4.69) is 20.2 Å². The standard InChI is InChI=1S/C19H17F2N7O2/c1-13(28-18(29)27(12-25-28)15-4-6-22-7-5-15)19(30,9-26-11-23-10-24-26)16-3-2-14(20)8-17(16)21/h2-8,10-13,30H,9H2,1H3/t13-,19-/m1/s1. The molecular formula is C19H17F2N7O2. The molecule has 0 unspecified atom stereocenters. The van der Waals surface area contributed by atoms with Gasteiger partial charge < -0.3 is 5.11 Å². The second kappa shape index (κ2) is 7.59. The molecule has 11 heteroatoms. The average Bonchev–Trinajstić information content (AvgIpc) is 3.37. The fraction of sp³-hybridized carbons (Fsp3) is 0.211. The van der Waals surface area contributed by atoms with Crippen LogP contribution in [0.5, 0.6) is 0 Å². The molecule has 154 valence electrons. The predicted molar refractivity (Wildman–Crippen MR) is 101 cm³/mol. The summed E-state index contributed by atoms with van der Waals surface area (Å²) >= 11 is 0. The van der Waals surface area contributed by atoms with Crippen LogP contribution in [0, 0.1) is 11.6 Å². The molecule has 0 radical (unpaired) electrons. The maximum atomic E-state index is 14.7. The number of hydrogen-bond donors (Lipinski definition) is 1. The molecule has 0 bridgehead atoms. The predicted octanol–water partition coefficient (Wildman–Crippen LogP) is 1.45. The quantitative estimate of drug-likeness (QED) is 0.513. The van der Waals surface area contributed by atoms with Crippen LogP contribution < -0.4 is 5.69 Å². The number of hydrogen-bond acceptors (Lipinski definition) is 6. The van der Waals surface area contributed by atoms with Crippen LogP contribution in [0.1, 0.15) is 18.5 Å². The second-order valence-electron chi connectivity index (χ2n) is 6.75. The monoisotopic (exact) mass is 413 g/mol. The second-order valence-corrected chi connectivity index (χ2v) is 6.75. The van der Waals surface area contributed by atoms with Crippen LogP contribution in [0.3, 0.4) is 0 Å². The lowest BCUT2D eigenvalue weighted by Crippen LogP contribution is -2.44. The molecule has 0 aliphatic rings. The first-order chi connectivity index (χ1) is 14.4. The fourth-order valence-corrected chi connectivity index (χ4v) is 3.31. The number of halogens is 2. The molecule has 0 amide bonds. The van der Waals surface area contributed by atoms with Crippen LogP contribution in [-0.2, 0) is 12.1 Å². The van der Waals surface area contributed by atoms with Gasteiger partial charge in [0.25, 0.3) is 0 Å². The van der Waals surface area contributed by atoms with Gasteiger partial charge in [-0.15, -0.1) is 0 Å². The highest BCUT2D eigenvalue weighted by atomic mass is 19.1. The summed E-state index contributed by atoms with van der Waals surface area (Å²) in [6.45, 7) is 1.27. The molecule has 9 nitrogen and oxygen atoms in total. The summed E-state index contributed by atoms with van der Waals surface area (Å²) in [6, 6.07) is 5.06. The van der Waals surface area contributed by atoms with Crippen LogP contribution in [0.2, 0.25) is 0 Å². The van der Waals surface area contributed by atoms with E-state index >= 15 is 0 Å². The van der Waals surface area contributed by atoms with E-state index in [9.17, 15) is 18.7 Å². The van der Waals surface area contributed by atoms with Gasteiger partial charge in [-0.05, 0) is 25.1 Å². The molecular weight excluding hydrogens is 396 g/mol. The van der Waals surface area contributed by atoms with Gasteiger partial charge in [-0.25, -0.2) is 32.5 Å². The van der Waals surface area contributed by atoms with Crippen LogP contribution in [0.15, 0.2) is 66.5 Å². The van der Waals surface area contributed by atoms with Crippen LogP contribution >= 0.6 is 0 Å². The molecule has 1 aromatic carbocycles. The topological polar surface area (TPSA) is 104 Å². The van der Waals surface area contributed by atoms with Crippen molar-refractivity contribution in [2.75, 3.05) is 0 Å². The first-order valence-electron chi connectivity index (χ1n) is 8.97. The number of aromatic nitrogens is 7. The Bertz CT molecular complexity index is 1210. The van der Waals surface area contributed by atoms with E-state index in [1.807, 2.05) is 0 Å². The summed E-state index contributed by atoms with van der Waals surface area (Å²) in [5.41, 5.74) is -2.21. The molecule has 1 N–H and O–H groups in total. The zero-order valence-electron chi connectivity index (χ0n) is 15.8. The van der Waals surface area contributed by atoms with Gasteiger partial charge in [-0.1, -0.05) is 6.07 Å². The van der Waals surface area contributed by atoms with Crippen molar-refractivity contribution >= 4 is 0 Å². The van der Waals surface area contributed by atoms with Crippen molar-refractivity contribution in [2.24, 2.45) is 0 Å². The number of aliphatic hydroxyl groups is 1. The van der Waals surface area contributed by atoms with Gasteiger partial charge >= 0.3 is 5.69 Å². The average molecular weight is 413 g/mol. The first kappa shape index (κ1) is 19.6. The molecule has 2 atom stereocenters. The fourth-order valence-electron chi connectivity index (χ4n) is 3.31. The Hall–Kier alpha value is -3.73. The van der Waals surface area contributed by atoms with E-state index in [4.69, 9.17) is 0 Å². The Balaban J connectivity index is 1.82. The molecule has 0 fully saturated rings. The van der Waals surface area contributed by atoms with Gasteiger partial charge in [-0.2, -0.15) is 10.2 Å². The lowest BCUT2D eigenvalue weighted by Gasteiger charge is -2.34. The number of nitrogens with zero attached hydrogens (tertiary/aromatic N) is 7. The van der Waals surface area contributed by atoms with Crippen molar-refractivity contribution in [3.63, 3.8) is 0 Å². The van der Waals surface area contributed by atoms with E-state index in [0.29, 0.717) is 11.8 Å². The summed E-state index contributed by atoms with van der Waals surface area (Å²) in [5.74, 6) is -1.74. The van der Waals surface area contributed by atoms with Crippen molar-refractivity contribution in [3.8, 4) is 5.69 Å². The molecule has 0 saturated carbocycles. The zero-order valence-corrected chi connectivity index (χ0v) is 15.8. The zero-order chi connectivity index (χ0) is 21.3. The van der Waals surface area contributed by atoms with E-state index in [0.717, 1.165) is 16.8 Å². The molecule has 0 spiro atoms. The van der Waals surface area contributed by atoms with Crippen LogP contribution in [0.25, 0.3) is 5.69 Å². The van der Waals surface area contributed by atoms with Crippen molar-refractivity contribution in [1.29, 1.82) is 0 Å². The number of pyridine rings is 1. The molecule has 3 heterocycles. The molecule has 0 saturated heterocycles. The molecule has 30 heavy (non-hydrogen) atoms. The van der Waals surface area contributed by atoms with Crippen LogP contribution in [0.4, 0.5) is 8.78 Å². The van der Waals surface area contributed by atoms with Gasteiger partial charge in [0.05, 0.1) is 18.3 Å². The summed E-state index contributed by atoms with van der Waals surface area (Å²) in [6.07, 6.45) is 6.95. The number of benzene rings is 1. The molecule has 3 aromatic heterocycles. The van der Waals surface area contributed by atoms with E-state index < -0.39 is 29.0 Å².